The Morgan fingerprint density at radius 1 is 1.44 bits per heavy atom. The van der Waals surface area contributed by atoms with E-state index in [1.807, 2.05) is 5.38 Å². The number of halogens is 1. The lowest BCUT2D eigenvalue weighted by molar-refractivity contribution is -0.142. The molecule has 16 heavy (non-hydrogen) atoms. The van der Waals surface area contributed by atoms with Gasteiger partial charge in [0, 0.05) is 5.33 Å². The van der Waals surface area contributed by atoms with Gasteiger partial charge in [-0.25, -0.2) is 0 Å². The second-order valence-electron chi connectivity index (χ2n) is 3.89. The summed E-state index contributed by atoms with van der Waals surface area (Å²) in [7, 11) is 0. The molecule has 1 rings (SSSR count). The predicted octanol–water partition coefficient (Wildman–Crippen LogP) is 3.95. The van der Waals surface area contributed by atoms with Gasteiger partial charge in [-0.2, -0.15) is 11.3 Å². The number of thiophene rings is 1. The molecule has 0 spiro atoms. The number of hydrogen-bond acceptors (Lipinski definition) is 2. The van der Waals surface area contributed by atoms with Crippen LogP contribution < -0.4 is 0 Å². The van der Waals surface area contributed by atoms with E-state index in [4.69, 9.17) is 5.11 Å². The lowest BCUT2D eigenvalue weighted by Gasteiger charge is -2.10. The van der Waals surface area contributed by atoms with Crippen LogP contribution in [0.15, 0.2) is 16.8 Å². The van der Waals surface area contributed by atoms with E-state index in [-0.39, 0.29) is 5.92 Å². The minimum absolute atomic E-state index is 0.182. The van der Waals surface area contributed by atoms with Crippen molar-refractivity contribution >= 4 is 33.2 Å². The van der Waals surface area contributed by atoms with Crippen molar-refractivity contribution in [2.75, 3.05) is 5.33 Å². The molecular formula is C12H17BrO2S. The Bertz CT molecular complexity index is 298. The zero-order valence-electron chi connectivity index (χ0n) is 9.19. The first-order valence-electron chi connectivity index (χ1n) is 5.54. The molecule has 0 bridgehead atoms. The van der Waals surface area contributed by atoms with Crippen LogP contribution in [-0.2, 0) is 11.2 Å². The van der Waals surface area contributed by atoms with Gasteiger partial charge in [0.05, 0.1) is 5.92 Å². The molecule has 1 atom stereocenters. The highest BCUT2D eigenvalue weighted by Gasteiger charge is 2.16. The van der Waals surface area contributed by atoms with Crippen molar-refractivity contribution < 1.29 is 9.90 Å². The van der Waals surface area contributed by atoms with E-state index in [2.05, 4.69) is 27.4 Å². The fourth-order valence-electron chi connectivity index (χ4n) is 1.65. The molecule has 0 saturated heterocycles. The summed E-state index contributed by atoms with van der Waals surface area (Å²) in [5, 5.41) is 14.2. The maximum absolute atomic E-state index is 11.0. The maximum atomic E-state index is 11.0. The Kier molecular flexibility index (Phi) is 6.73. The molecule has 0 saturated carbocycles. The molecule has 0 fully saturated rings. The fraction of sp³-hybridized carbons (Fsp3) is 0.583. The summed E-state index contributed by atoms with van der Waals surface area (Å²) in [5.74, 6) is -0.830. The molecule has 1 N–H and O–H groups in total. The lowest BCUT2D eigenvalue weighted by atomic mass is 9.95. The highest BCUT2D eigenvalue weighted by molar-refractivity contribution is 9.09. The van der Waals surface area contributed by atoms with Crippen LogP contribution in [0.3, 0.4) is 0 Å². The predicted molar refractivity (Wildman–Crippen MR) is 71.4 cm³/mol. The Labute approximate surface area is 109 Å². The molecule has 90 valence electrons. The summed E-state index contributed by atoms with van der Waals surface area (Å²) in [6.45, 7) is 0. The quantitative estimate of drug-likeness (QED) is 0.583. The average molecular weight is 305 g/mol. The first kappa shape index (κ1) is 13.7. The Morgan fingerprint density at radius 3 is 2.81 bits per heavy atom. The molecule has 1 heterocycles. The van der Waals surface area contributed by atoms with Crippen molar-refractivity contribution in [1.82, 2.24) is 0 Å². The van der Waals surface area contributed by atoms with Gasteiger partial charge in [0.1, 0.15) is 0 Å². The van der Waals surface area contributed by atoms with Crippen LogP contribution in [0.2, 0.25) is 0 Å². The molecule has 0 amide bonds. The second kappa shape index (κ2) is 7.85. The SMILES string of the molecule is O=C(O)C(CCCCBr)CCc1ccsc1. The number of alkyl halides is 1. The van der Waals surface area contributed by atoms with E-state index >= 15 is 0 Å². The van der Waals surface area contributed by atoms with Gasteiger partial charge in [-0.1, -0.05) is 22.4 Å². The van der Waals surface area contributed by atoms with E-state index in [9.17, 15) is 4.79 Å². The van der Waals surface area contributed by atoms with Gasteiger partial charge in [-0.3, -0.25) is 4.79 Å². The number of carboxylic acids is 1. The number of carbonyl (C=O) groups is 1. The van der Waals surface area contributed by atoms with Gasteiger partial charge >= 0.3 is 5.97 Å². The number of unbranched alkanes of at least 4 members (excludes halogenated alkanes) is 1. The third-order valence-corrected chi connectivity index (χ3v) is 3.94. The molecule has 0 aliphatic carbocycles. The zero-order chi connectivity index (χ0) is 11.8. The van der Waals surface area contributed by atoms with Gasteiger partial charge in [0.15, 0.2) is 0 Å². The normalized spacial score (nSPS) is 12.6. The third kappa shape index (κ3) is 5.12. The summed E-state index contributed by atoms with van der Waals surface area (Å²) >= 11 is 5.03. The van der Waals surface area contributed by atoms with Crippen molar-refractivity contribution in [3.8, 4) is 0 Å². The van der Waals surface area contributed by atoms with E-state index in [1.54, 1.807) is 11.3 Å². The van der Waals surface area contributed by atoms with Crippen LogP contribution in [0.4, 0.5) is 0 Å². The first-order chi connectivity index (χ1) is 7.74. The third-order valence-electron chi connectivity index (χ3n) is 2.65. The van der Waals surface area contributed by atoms with Crippen molar-refractivity contribution in [2.45, 2.75) is 32.1 Å². The van der Waals surface area contributed by atoms with Crippen LogP contribution in [0.25, 0.3) is 0 Å². The monoisotopic (exact) mass is 304 g/mol. The molecule has 1 unspecified atom stereocenters. The summed E-state index contributed by atoms with van der Waals surface area (Å²) < 4.78 is 0. The van der Waals surface area contributed by atoms with Gasteiger partial charge in [0.2, 0.25) is 0 Å². The fourth-order valence-corrected chi connectivity index (χ4v) is 2.75. The van der Waals surface area contributed by atoms with Gasteiger partial charge in [-0.05, 0) is 48.1 Å². The Hall–Kier alpha value is -0.350. The molecule has 4 heteroatoms. The van der Waals surface area contributed by atoms with Gasteiger partial charge in [-0.15, -0.1) is 0 Å². The number of aryl methyl sites for hydroxylation is 1. The van der Waals surface area contributed by atoms with Crippen LogP contribution in [0.1, 0.15) is 31.2 Å². The first-order valence-corrected chi connectivity index (χ1v) is 7.60. The molecule has 0 aliphatic heterocycles. The van der Waals surface area contributed by atoms with Crippen molar-refractivity contribution in [3.05, 3.63) is 22.4 Å². The van der Waals surface area contributed by atoms with Crippen LogP contribution in [-0.4, -0.2) is 16.4 Å². The number of rotatable bonds is 8. The van der Waals surface area contributed by atoms with Gasteiger partial charge < -0.3 is 5.11 Å². The van der Waals surface area contributed by atoms with Crippen LogP contribution >= 0.6 is 27.3 Å². The minimum Gasteiger partial charge on any atom is -0.481 e. The number of carboxylic acid groups (broad SMARTS) is 1. The standard InChI is InChI=1S/C12H17BrO2S/c13-7-2-1-3-11(12(14)15)5-4-10-6-8-16-9-10/h6,8-9,11H,1-5,7H2,(H,14,15). The number of hydrogen-bond donors (Lipinski definition) is 1. The molecule has 2 nitrogen and oxygen atoms in total. The molecule has 0 aromatic carbocycles. The Balaban J connectivity index is 2.30. The molecular weight excluding hydrogens is 288 g/mol. The largest absolute Gasteiger partial charge is 0.481 e. The van der Waals surface area contributed by atoms with Crippen LogP contribution in [0.5, 0.6) is 0 Å². The van der Waals surface area contributed by atoms with E-state index in [1.165, 1.54) is 5.56 Å². The minimum atomic E-state index is -0.648. The molecule has 1 aromatic rings. The smallest absolute Gasteiger partial charge is 0.306 e. The van der Waals surface area contributed by atoms with E-state index in [0.717, 1.165) is 37.4 Å². The number of aliphatic carboxylic acids is 1. The van der Waals surface area contributed by atoms with Crippen molar-refractivity contribution in [1.29, 1.82) is 0 Å². The molecule has 1 aromatic heterocycles. The highest BCUT2D eigenvalue weighted by atomic mass is 79.9. The van der Waals surface area contributed by atoms with Crippen molar-refractivity contribution in [3.63, 3.8) is 0 Å². The Morgan fingerprint density at radius 2 is 2.25 bits per heavy atom. The second-order valence-corrected chi connectivity index (χ2v) is 5.46. The molecule has 0 radical (unpaired) electrons. The zero-order valence-corrected chi connectivity index (χ0v) is 11.6. The lowest BCUT2D eigenvalue weighted by Crippen LogP contribution is -2.14. The van der Waals surface area contributed by atoms with E-state index < -0.39 is 5.97 Å². The highest BCUT2D eigenvalue weighted by Crippen LogP contribution is 2.18. The maximum Gasteiger partial charge on any atom is 0.306 e. The average Bonchev–Trinajstić information content (AvgIpc) is 2.75. The van der Waals surface area contributed by atoms with Crippen LogP contribution in [0, 0.1) is 5.92 Å². The molecule has 0 aliphatic rings. The van der Waals surface area contributed by atoms with Gasteiger partial charge in [0.25, 0.3) is 0 Å². The summed E-state index contributed by atoms with van der Waals surface area (Å²) in [6, 6.07) is 2.07. The summed E-state index contributed by atoms with van der Waals surface area (Å²) in [5.41, 5.74) is 1.26. The van der Waals surface area contributed by atoms with E-state index in [0.29, 0.717) is 0 Å². The summed E-state index contributed by atoms with van der Waals surface area (Å²) in [4.78, 5) is 11.0. The topological polar surface area (TPSA) is 37.3 Å². The van der Waals surface area contributed by atoms with Crippen molar-refractivity contribution in [2.24, 2.45) is 5.92 Å². The summed E-state index contributed by atoms with van der Waals surface area (Å²) in [6.07, 6.45) is 4.49.